The molecule has 0 atom stereocenters. The first kappa shape index (κ1) is 19.0. The van der Waals surface area contributed by atoms with Gasteiger partial charge in [0.25, 0.3) is 5.91 Å². The molecule has 0 bridgehead atoms. The largest absolute Gasteiger partial charge is 0.497 e. The van der Waals surface area contributed by atoms with E-state index in [9.17, 15) is 4.79 Å². The van der Waals surface area contributed by atoms with Crippen LogP contribution < -0.4 is 15.0 Å². The lowest BCUT2D eigenvalue weighted by Crippen LogP contribution is -2.36. The van der Waals surface area contributed by atoms with E-state index in [1.807, 2.05) is 48.5 Å². The summed E-state index contributed by atoms with van der Waals surface area (Å²) in [5, 5.41) is 2.96. The Morgan fingerprint density at radius 3 is 2.45 bits per heavy atom. The number of aromatic nitrogens is 1. The summed E-state index contributed by atoms with van der Waals surface area (Å²) in [7, 11) is 1.63. The molecule has 0 aliphatic carbocycles. The quantitative estimate of drug-likeness (QED) is 0.718. The average Bonchev–Trinajstić information content (AvgIpc) is 2.80. The van der Waals surface area contributed by atoms with Crippen molar-refractivity contribution in [2.75, 3.05) is 43.6 Å². The number of rotatable bonds is 5. The maximum atomic E-state index is 12.7. The van der Waals surface area contributed by atoms with E-state index in [0.717, 1.165) is 54.7 Å². The summed E-state index contributed by atoms with van der Waals surface area (Å²) in [4.78, 5) is 19.4. The number of morpholine rings is 1. The van der Waals surface area contributed by atoms with E-state index in [1.54, 1.807) is 25.4 Å². The van der Waals surface area contributed by atoms with Crippen molar-refractivity contribution in [1.82, 2.24) is 4.98 Å². The predicted octanol–water partition coefficient (Wildman–Crippen LogP) is 3.85. The van der Waals surface area contributed by atoms with Gasteiger partial charge in [-0.2, -0.15) is 0 Å². The molecule has 1 aromatic heterocycles. The van der Waals surface area contributed by atoms with Crippen LogP contribution in [0, 0.1) is 0 Å². The van der Waals surface area contributed by atoms with Crippen molar-refractivity contribution in [3.63, 3.8) is 0 Å². The molecule has 1 saturated heterocycles. The van der Waals surface area contributed by atoms with Crippen molar-refractivity contribution >= 4 is 17.3 Å². The molecule has 1 fully saturated rings. The molecule has 1 aliphatic rings. The highest BCUT2D eigenvalue weighted by molar-refractivity contribution is 6.04. The molecule has 6 nitrogen and oxygen atoms in total. The number of hydrogen-bond donors (Lipinski definition) is 1. The first-order chi connectivity index (χ1) is 14.2. The van der Waals surface area contributed by atoms with Crippen molar-refractivity contribution in [3.05, 3.63) is 72.4 Å². The zero-order valence-electron chi connectivity index (χ0n) is 16.3. The number of benzene rings is 2. The van der Waals surface area contributed by atoms with Crippen molar-refractivity contribution < 1.29 is 14.3 Å². The molecule has 29 heavy (non-hydrogen) atoms. The van der Waals surface area contributed by atoms with E-state index in [-0.39, 0.29) is 5.91 Å². The van der Waals surface area contributed by atoms with Gasteiger partial charge in [0.2, 0.25) is 0 Å². The lowest BCUT2D eigenvalue weighted by atomic mass is 10.1. The fourth-order valence-electron chi connectivity index (χ4n) is 3.27. The van der Waals surface area contributed by atoms with Gasteiger partial charge in [0.1, 0.15) is 5.75 Å². The standard InChI is InChI=1S/C23H23N3O3/c1-28-21-8-2-17(3-9-21)22-16-18(10-11-24-22)23(27)25-19-4-6-20(7-5-19)26-12-14-29-15-13-26/h2-11,16H,12-15H2,1H3,(H,25,27). The van der Waals surface area contributed by atoms with E-state index in [2.05, 4.69) is 15.2 Å². The zero-order chi connectivity index (χ0) is 20.1. The maximum Gasteiger partial charge on any atom is 0.255 e. The Labute approximate surface area is 170 Å². The molecule has 1 amide bonds. The Balaban J connectivity index is 1.45. The first-order valence-corrected chi connectivity index (χ1v) is 9.57. The number of amides is 1. The predicted molar refractivity (Wildman–Crippen MR) is 114 cm³/mol. The molecule has 2 aromatic carbocycles. The van der Waals surface area contributed by atoms with Gasteiger partial charge >= 0.3 is 0 Å². The lowest BCUT2D eigenvalue weighted by Gasteiger charge is -2.28. The van der Waals surface area contributed by atoms with E-state index < -0.39 is 0 Å². The fraction of sp³-hybridized carbons (Fsp3) is 0.217. The number of ether oxygens (including phenoxy) is 2. The Morgan fingerprint density at radius 2 is 1.76 bits per heavy atom. The van der Waals surface area contributed by atoms with Gasteiger partial charge < -0.3 is 19.7 Å². The van der Waals surface area contributed by atoms with Gasteiger partial charge in [0.15, 0.2) is 0 Å². The Kier molecular flexibility index (Phi) is 5.72. The minimum atomic E-state index is -0.165. The molecule has 0 saturated carbocycles. The molecule has 1 N–H and O–H groups in total. The third kappa shape index (κ3) is 4.55. The molecule has 1 aliphatic heterocycles. The maximum absolute atomic E-state index is 12.7. The summed E-state index contributed by atoms with van der Waals surface area (Å²) >= 11 is 0. The summed E-state index contributed by atoms with van der Waals surface area (Å²) in [5.74, 6) is 0.615. The smallest absolute Gasteiger partial charge is 0.255 e. The van der Waals surface area contributed by atoms with Gasteiger partial charge in [-0.25, -0.2) is 0 Å². The number of nitrogens with one attached hydrogen (secondary N) is 1. The topological polar surface area (TPSA) is 63.7 Å². The second-order valence-corrected chi connectivity index (χ2v) is 6.76. The average molecular weight is 389 g/mol. The van der Waals surface area contributed by atoms with Gasteiger partial charge in [0, 0.05) is 41.8 Å². The molecule has 2 heterocycles. The van der Waals surface area contributed by atoms with Crippen LogP contribution in [0.2, 0.25) is 0 Å². The number of pyridine rings is 1. The molecule has 6 heteroatoms. The van der Waals surface area contributed by atoms with Gasteiger partial charge in [-0.05, 0) is 60.7 Å². The third-order valence-corrected chi connectivity index (χ3v) is 4.91. The highest BCUT2D eigenvalue weighted by Crippen LogP contribution is 2.23. The van der Waals surface area contributed by atoms with Crippen LogP contribution >= 0.6 is 0 Å². The molecule has 0 spiro atoms. The van der Waals surface area contributed by atoms with Crippen LogP contribution in [0.25, 0.3) is 11.3 Å². The molecular formula is C23H23N3O3. The van der Waals surface area contributed by atoms with Crippen molar-refractivity contribution in [3.8, 4) is 17.0 Å². The minimum absolute atomic E-state index is 0.165. The number of carbonyl (C=O) groups excluding carboxylic acids is 1. The normalized spacial score (nSPS) is 13.8. The van der Waals surface area contributed by atoms with Crippen LogP contribution in [0.15, 0.2) is 66.9 Å². The van der Waals surface area contributed by atoms with Gasteiger partial charge in [-0.15, -0.1) is 0 Å². The van der Waals surface area contributed by atoms with Gasteiger partial charge in [-0.3, -0.25) is 9.78 Å². The molecule has 3 aromatic rings. The SMILES string of the molecule is COc1ccc(-c2cc(C(=O)Nc3ccc(N4CCOCC4)cc3)ccn2)cc1. The van der Waals surface area contributed by atoms with E-state index >= 15 is 0 Å². The second-order valence-electron chi connectivity index (χ2n) is 6.76. The van der Waals surface area contributed by atoms with E-state index in [4.69, 9.17) is 9.47 Å². The van der Waals surface area contributed by atoms with Crippen LogP contribution in [0.4, 0.5) is 11.4 Å². The second kappa shape index (κ2) is 8.75. The molecule has 0 radical (unpaired) electrons. The zero-order valence-corrected chi connectivity index (χ0v) is 16.3. The minimum Gasteiger partial charge on any atom is -0.497 e. The summed E-state index contributed by atoms with van der Waals surface area (Å²) in [6.07, 6.45) is 1.65. The van der Waals surface area contributed by atoms with E-state index in [0.29, 0.717) is 5.56 Å². The van der Waals surface area contributed by atoms with Gasteiger partial charge in [0.05, 0.1) is 26.0 Å². The number of anilines is 2. The lowest BCUT2D eigenvalue weighted by molar-refractivity contribution is 0.102. The number of carbonyl (C=O) groups is 1. The van der Waals surface area contributed by atoms with Crippen molar-refractivity contribution in [2.45, 2.75) is 0 Å². The summed E-state index contributed by atoms with van der Waals surface area (Å²) in [5.41, 5.74) is 4.12. The van der Waals surface area contributed by atoms with Crippen LogP contribution in [-0.4, -0.2) is 44.3 Å². The van der Waals surface area contributed by atoms with E-state index in [1.165, 1.54) is 0 Å². The van der Waals surface area contributed by atoms with Gasteiger partial charge in [-0.1, -0.05) is 0 Å². The molecule has 148 valence electrons. The van der Waals surface area contributed by atoms with Crippen LogP contribution in [0.1, 0.15) is 10.4 Å². The third-order valence-electron chi connectivity index (χ3n) is 4.91. The van der Waals surface area contributed by atoms with Crippen LogP contribution in [-0.2, 0) is 4.74 Å². The van der Waals surface area contributed by atoms with Crippen molar-refractivity contribution in [1.29, 1.82) is 0 Å². The number of hydrogen-bond acceptors (Lipinski definition) is 5. The Hall–Kier alpha value is -3.38. The highest BCUT2D eigenvalue weighted by Gasteiger charge is 2.12. The summed E-state index contributed by atoms with van der Waals surface area (Å²) in [6.45, 7) is 3.27. The highest BCUT2D eigenvalue weighted by atomic mass is 16.5. The summed E-state index contributed by atoms with van der Waals surface area (Å²) < 4.78 is 10.6. The monoisotopic (exact) mass is 389 g/mol. The Bertz CT molecular complexity index is 965. The van der Waals surface area contributed by atoms with Crippen LogP contribution in [0.3, 0.4) is 0 Å². The molecule has 0 unspecified atom stereocenters. The molecule has 4 rings (SSSR count). The first-order valence-electron chi connectivity index (χ1n) is 9.57. The molecular weight excluding hydrogens is 366 g/mol. The Morgan fingerprint density at radius 1 is 1.03 bits per heavy atom. The number of nitrogens with zero attached hydrogens (tertiary/aromatic N) is 2. The fourth-order valence-corrected chi connectivity index (χ4v) is 3.27. The van der Waals surface area contributed by atoms with Crippen molar-refractivity contribution in [2.24, 2.45) is 0 Å². The summed E-state index contributed by atoms with van der Waals surface area (Å²) in [6, 6.07) is 19.0. The number of methoxy groups -OCH3 is 1. The van der Waals surface area contributed by atoms with Crippen LogP contribution in [0.5, 0.6) is 5.75 Å².